The van der Waals surface area contributed by atoms with E-state index >= 15 is 0 Å². The Balaban J connectivity index is 3.90. The first-order valence-electron chi connectivity index (χ1n) is 9.37. The number of methoxy groups -OCH3 is 1. The van der Waals surface area contributed by atoms with Crippen LogP contribution in [0.15, 0.2) is 24.3 Å². The second-order valence-electron chi connectivity index (χ2n) is 6.18. The van der Waals surface area contributed by atoms with Crippen molar-refractivity contribution in [2.75, 3.05) is 7.11 Å². The third-order valence-corrected chi connectivity index (χ3v) is 5.08. The van der Waals surface area contributed by atoms with E-state index in [1.165, 1.54) is 7.11 Å². The average molecular weight is 476 g/mol. The molecule has 0 aromatic rings. The largest absolute Gasteiger partial charge is 0.469 e. The number of halogens is 1. The highest BCUT2D eigenvalue weighted by Gasteiger charge is 2.12. The van der Waals surface area contributed by atoms with Gasteiger partial charge in [-0.3, -0.25) is 4.79 Å². The van der Waals surface area contributed by atoms with E-state index in [2.05, 4.69) is 46.1 Å². The van der Waals surface area contributed by atoms with Gasteiger partial charge in [0.15, 0.2) is 0 Å². The smallest absolute Gasteiger partial charge is 0.305 e. The van der Waals surface area contributed by atoms with Gasteiger partial charge in [0.1, 0.15) is 0 Å². The second-order valence-corrected chi connectivity index (χ2v) is 7.78. The number of carbonyl (C=O) groups excluding carboxylic acids is 1. The zero-order valence-electron chi connectivity index (χ0n) is 16.0. The molecule has 0 aliphatic rings. The van der Waals surface area contributed by atoms with Crippen molar-refractivity contribution in [2.24, 2.45) is 0 Å². The van der Waals surface area contributed by atoms with Crippen molar-refractivity contribution in [3.05, 3.63) is 24.3 Å². The van der Waals surface area contributed by atoms with E-state index in [0.29, 0.717) is 32.1 Å². The number of ether oxygens (including phenoxy) is 1. The Hall–Kier alpha value is -0.840. The highest BCUT2D eigenvalue weighted by Crippen LogP contribution is 2.14. The number of unbranched alkanes of at least 4 members (excludes halogenated alkanes) is 3. The number of allylic oxidation sites excluding steroid dienone is 2. The van der Waals surface area contributed by atoms with E-state index in [9.17, 15) is 15.0 Å². The lowest BCUT2D eigenvalue weighted by molar-refractivity contribution is -0.140. The van der Waals surface area contributed by atoms with Crippen LogP contribution in [0.3, 0.4) is 0 Å². The molecule has 0 saturated carbocycles. The topological polar surface area (TPSA) is 66.8 Å². The van der Waals surface area contributed by atoms with Gasteiger partial charge in [0.25, 0.3) is 0 Å². The lowest BCUT2D eigenvalue weighted by Gasteiger charge is -2.12. The van der Waals surface area contributed by atoms with E-state index in [1.54, 1.807) is 6.08 Å². The van der Waals surface area contributed by atoms with Crippen LogP contribution in [0.5, 0.6) is 0 Å². The predicted molar refractivity (Wildman–Crippen MR) is 115 cm³/mol. The van der Waals surface area contributed by atoms with Gasteiger partial charge in [0.05, 0.1) is 19.3 Å². The minimum atomic E-state index is -0.445. The fourth-order valence-electron chi connectivity index (χ4n) is 2.15. The lowest BCUT2D eigenvalue weighted by Crippen LogP contribution is -2.18. The van der Waals surface area contributed by atoms with E-state index in [4.69, 9.17) is 0 Å². The Kier molecular flexibility index (Phi) is 17.0. The van der Waals surface area contributed by atoms with Gasteiger partial charge in [-0.15, -0.1) is 11.8 Å². The molecule has 0 aromatic heterocycles. The molecule has 5 heteroatoms. The molecule has 0 saturated heterocycles. The van der Waals surface area contributed by atoms with Crippen LogP contribution in [0.2, 0.25) is 0 Å². The maximum atomic E-state index is 11.0. The van der Waals surface area contributed by atoms with Crippen LogP contribution in [0.4, 0.5) is 0 Å². The average Bonchev–Trinajstić information content (AvgIpc) is 2.63. The summed E-state index contributed by atoms with van der Waals surface area (Å²) in [7, 11) is 1.38. The first kappa shape index (κ1) is 25.2. The summed E-state index contributed by atoms with van der Waals surface area (Å²) in [6, 6.07) is 0. The number of esters is 1. The molecule has 0 radical (unpaired) electrons. The first-order chi connectivity index (χ1) is 12.5. The van der Waals surface area contributed by atoms with Crippen LogP contribution in [-0.4, -0.2) is 39.4 Å². The number of alkyl halides is 1. The van der Waals surface area contributed by atoms with Crippen LogP contribution < -0.4 is 0 Å². The van der Waals surface area contributed by atoms with Crippen molar-refractivity contribution in [1.29, 1.82) is 0 Å². The second kappa shape index (κ2) is 17.6. The predicted octanol–water partition coefficient (Wildman–Crippen LogP) is 4.33. The van der Waals surface area contributed by atoms with Crippen molar-refractivity contribution in [3.8, 4) is 11.8 Å². The number of aliphatic hydroxyl groups is 2. The van der Waals surface area contributed by atoms with E-state index in [1.807, 2.05) is 18.2 Å². The summed E-state index contributed by atoms with van der Waals surface area (Å²) in [6.07, 6.45) is 13.7. The molecule has 0 aromatic carbocycles. The summed E-state index contributed by atoms with van der Waals surface area (Å²) >= 11 is 2.22. The van der Waals surface area contributed by atoms with Crippen molar-refractivity contribution in [1.82, 2.24) is 0 Å². The Morgan fingerprint density at radius 3 is 2.65 bits per heavy atom. The van der Waals surface area contributed by atoms with Gasteiger partial charge >= 0.3 is 5.97 Å². The summed E-state index contributed by atoms with van der Waals surface area (Å²) in [6.45, 7) is 2.15. The van der Waals surface area contributed by atoms with E-state index in [0.717, 1.165) is 25.7 Å². The Morgan fingerprint density at radius 2 is 1.96 bits per heavy atom. The Bertz CT molecular complexity index is 476. The molecule has 0 aliphatic carbocycles. The summed E-state index contributed by atoms with van der Waals surface area (Å²) < 4.78 is 4.63. The third-order valence-electron chi connectivity index (χ3n) is 3.81. The molecule has 3 atom stereocenters. The quantitative estimate of drug-likeness (QED) is 0.104. The summed E-state index contributed by atoms with van der Waals surface area (Å²) in [5, 5.41) is 19.9. The molecule has 0 spiro atoms. The van der Waals surface area contributed by atoms with Crippen LogP contribution in [0, 0.1) is 11.8 Å². The molecular formula is C21H33IO4. The fourth-order valence-corrected chi connectivity index (χ4v) is 2.67. The fraction of sp³-hybridized carbons (Fsp3) is 0.667. The summed E-state index contributed by atoms with van der Waals surface area (Å²) in [5.74, 6) is 5.88. The number of hydrogen-bond acceptors (Lipinski definition) is 4. The normalized spacial score (nSPS) is 14.8. The molecule has 0 rings (SSSR count). The minimum Gasteiger partial charge on any atom is -0.469 e. The standard InChI is InChI=1S/C21H33IO4/c1-3-4-8-13-18(23)14-9-7-11-16-20(24)19(22)15-10-5-6-12-17-21(25)26-2/h7,9,11,14,18-20,23-24H,3-4,6,8,12-13,15-17H2,1-2H3/b11-7+,14-9+/t18?,19-,20-/m0/s1. The van der Waals surface area contributed by atoms with Crippen LogP contribution in [0.25, 0.3) is 0 Å². The van der Waals surface area contributed by atoms with Gasteiger partial charge < -0.3 is 14.9 Å². The van der Waals surface area contributed by atoms with Crippen LogP contribution >= 0.6 is 22.6 Å². The van der Waals surface area contributed by atoms with Gasteiger partial charge in [-0.1, -0.05) is 73.1 Å². The number of rotatable bonds is 13. The van der Waals surface area contributed by atoms with Crippen molar-refractivity contribution >= 4 is 28.6 Å². The van der Waals surface area contributed by atoms with Gasteiger partial charge in [0.2, 0.25) is 0 Å². The van der Waals surface area contributed by atoms with Gasteiger partial charge in [0, 0.05) is 23.2 Å². The maximum Gasteiger partial charge on any atom is 0.305 e. The van der Waals surface area contributed by atoms with Crippen molar-refractivity contribution < 1.29 is 19.7 Å². The molecule has 2 N–H and O–H groups in total. The van der Waals surface area contributed by atoms with Crippen molar-refractivity contribution in [3.63, 3.8) is 0 Å². The molecule has 0 aliphatic heterocycles. The molecular weight excluding hydrogens is 443 g/mol. The minimum absolute atomic E-state index is 0.0639. The third kappa shape index (κ3) is 15.4. The lowest BCUT2D eigenvalue weighted by atomic mass is 10.1. The van der Waals surface area contributed by atoms with E-state index in [-0.39, 0.29) is 16.0 Å². The zero-order valence-corrected chi connectivity index (χ0v) is 18.2. The molecule has 26 heavy (non-hydrogen) atoms. The molecule has 0 amide bonds. The van der Waals surface area contributed by atoms with Gasteiger partial charge in [-0.05, 0) is 19.3 Å². The van der Waals surface area contributed by atoms with E-state index < -0.39 is 6.10 Å². The summed E-state index contributed by atoms with van der Waals surface area (Å²) in [5.41, 5.74) is 0. The maximum absolute atomic E-state index is 11.0. The van der Waals surface area contributed by atoms with Crippen LogP contribution in [-0.2, 0) is 9.53 Å². The molecule has 148 valence electrons. The van der Waals surface area contributed by atoms with Crippen LogP contribution in [0.1, 0.15) is 64.7 Å². The molecule has 1 unspecified atom stereocenters. The SMILES string of the molecule is CCCCCC(O)/C=C/C=C/C[C@H](O)[C@@H](I)CC#CCCCC(=O)OC. The molecule has 0 bridgehead atoms. The Labute approximate surface area is 172 Å². The summed E-state index contributed by atoms with van der Waals surface area (Å²) in [4.78, 5) is 11.0. The van der Waals surface area contributed by atoms with Gasteiger partial charge in [-0.25, -0.2) is 0 Å². The first-order valence-corrected chi connectivity index (χ1v) is 10.6. The molecule has 0 fully saturated rings. The highest BCUT2D eigenvalue weighted by molar-refractivity contribution is 14.1. The molecule has 4 nitrogen and oxygen atoms in total. The molecule has 0 heterocycles. The highest BCUT2D eigenvalue weighted by atomic mass is 127. The number of carbonyl (C=O) groups is 1. The zero-order chi connectivity index (χ0) is 19.6. The number of hydrogen-bond donors (Lipinski definition) is 2. The monoisotopic (exact) mass is 476 g/mol. The number of aliphatic hydroxyl groups excluding tert-OH is 2. The van der Waals surface area contributed by atoms with Crippen molar-refractivity contribution in [2.45, 2.75) is 80.8 Å². The van der Waals surface area contributed by atoms with Gasteiger partial charge in [-0.2, -0.15) is 0 Å². The Morgan fingerprint density at radius 1 is 1.19 bits per heavy atom.